The van der Waals surface area contributed by atoms with Gasteiger partial charge in [0.15, 0.2) is 5.69 Å². The van der Waals surface area contributed by atoms with Gasteiger partial charge in [0.05, 0.1) is 103 Å². The molecule has 4 heterocycles. The molecule has 7 rings (SSSR count). The molecule has 3 amide bonds. The topological polar surface area (TPSA) is 219 Å². The van der Waals surface area contributed by atoms with E-state index in [1.807, 2.05) is 54.0 Å². The number of hydrogen-bond acceptors (Lipinski definition) is 16. The molecule has 0 spiro atoms. The number of nitrogens with one attached hydrogen (secondary N) is 2. The van der Waals surface area contributed by atoms with E-state index < -0.39 is 11.5 Å². The highest BCUT2D eigenvalue weighted by Crippen LogP contribution is 2.47. The average Bonchev–Trinajstić information content (AvgIpc) is 3.92. The van der Waals surface area contributed by atoms with Crippen LogP contribution >= 0.6 is 23.2 Å². The number of morpholine rings is 1. The van der Waals surface area contributed by atoms with Crippen molar-refractivity contribution in [3.05, 3.63) is 75.9 Å². The first kappa shape index (κ1) is 59.9. The first-order valence-corrected chi connectivity index (χ1v) is 27.2. The maximum atomic E-state index is 14.4. The molecule has 21 nitrogen and oxygen atoms in total. The second-order valence-electron chi connectivity index (χ2n) is 19.8. The number of ether oxygens (including phenoxy) is 6. The quantitative estimate of drug-likeness (QED) is 0.0641. The zero-order valence-corrected chi connectivity index (χ0v) is 46.6. The van der Waals surface area contributed by atoms with Gasteiger partial charge in [0.1, 0.15) is 24.4 Å². The third-order valence-electron chi connectivity index (χ3n) is 13.8. The number of aldehydes is 1. The van der Waals surface area contributed by atoms with E-state index in [1.54, 1.807) is 41.0 Å². The Morgan fingerprint density at radius 2 is 1.44 bits per heavy atom. The number of nitrogens with zero attached hydrogens (tertiary/aromatic N) is 7. The number of hydrogen-bond donors (Lipinski definition) is 3. The molecule has 424 valence electrons. The lowest BCUT2D eigenvalue weighted by Crippen LogP contribution is -2.55. The highest BCUT2D eigenvalue weighted by molar-refractivity contribution is 6.34. The van der Waals surface area contributed by atoms with E-state index >= 15 is 0 Å². The number of anilines is 1. The molecule has 1 aromatic heterocycles. The van der Waals surface area contributed by atoms with Gasteiger partial charge in [-0.3, -0.25) is 33.9 Å². The number of aliphatic carboxylic acids is 1. The maximum Gasteiger partial charge on any atom is 0.317 e. The van der Waals surface area contributed by atoms with Gasteiger partial charge in [-0.25, -0.2) is 4.68 Å². The molecular formula is C55H73Cl2N9O12. The van der Waals surface area contributed by atoms with Crippen molar-refractivity contribution >= 4 is 58.9 Å². The molecule has 0 atom stereocenters. The highest BCUT2D eigenvalue weighted by Gasteiger charge is 2.39. The van der Waals surface area contributed by atoms with Gasteiger partial charge in [-0.1, -0.05) is 42.3 Å². The lowest BCUT2D eigenvalue weighted by Gasteiger charge is -2.41. The number of benzene rings is 3. The summed E-state index contributed by atoms with van der Waals surface area (Å²) >= 11 is 13.0. The summed E-state index contributed by atoms with van der Waals surface area (Å²) in [6.07, 6.45) is 0.996. The second-order valence-corrected chi connectivity index (χ2v) is 20.7. The monoisotopic (exact) mass is 1120 g/mol. The van der Waals surface area contributed by atoms with Crippen LogP contribution in [0.15, 0.2) is 54.6 Å². The molecule has 3 aliphatic rings. The van der Waals surface area contributed by atoms with Crippen LogP contribution in [0, 0.1) is 0 Å². The van der Waals surface area contributed by atoms with Crippen LogP contribution in [-0.2, 0) is 44.7 Å². The van der Waals surface area contributed by atoms with Gasteiger partial charge in [-0.15, -0.1) is 0 Å². The Bertz CT molecular complexity index is 2670. The minimum absolute atomic E-state index is 0.0805. The van der Waals surface area contributed by atoms with Crippen molar-refractivity contribution in [2.24, 2.45) is 0 Å². The summed E-state index contributed by atoms with van der Waals surface area (Å²) in [4.78, 5) is 73.3. The van der Waals surface area contributed by atoms with E-state index in [4.69, 9.17) is 56.7 Å². The van der Waals surface area contributed by atoms with Crippen LogP contribution in [0.5, 0.6) is 11.5 Å². The van der Waals surface area contributed by atoms with Crippen LogP contribution < -0.4 is 20.1 Å². The van der Waals surface area contributed by atoms with Crippen LogP contribution in [-0.4, -0.2) is 226 Å². The number of carbonyl (C=O) groups excluding carboxylic acids is 4. The van der Waals surface area contributed by atoms with E-state index in [1.165, 1.54) is 0 Å². The SMILES string of the molecule is CCN1CCN(CC=O)CCN(CC(=O)O)CCN(CC(=O)NCCOCCOCCOCCC(=O)Nc2cccc(-c3cc4c(cc3OC)OCc3c(C(=O)N5CCOCC5(C)C)nn(-c5cc(Cl)cc(Cl)c5)c3-4)c2)CC1. The van der Waals surface area contributed by atoms with Gasteiger partial charge in [0.25, 0.3) is 5.91 Å². The standard InChI is InChI=1S/C55H73Cl2N9O12/c1-5-61-11-13-62(19-21-67)14-16-64(36-51(70)71)18-17-63(15-12-61)35-50(69)58-10-23-75-26-28-76-27-25-74-22-9-49(68)59-42-8-6-7-39(29-42)44-33-45-48(34-47(44)73-4)78-37-46-52(54(72)65-20-24-77-38-55(65,2)3)60-66(53(45)46)43-31-40(56)30-41(57)32-43/h6-8,21,29-34H,5,9-20,22-28,35-38H2,1-4H3,(H,58,69)(H,59,68)(H,70,71). The number of rotatable bonds is 24. The fourth-order valence-electron chi connectivity index (χ4n) is 9.56. The summed E-state index contributed by atoms with van der Waals surface area (Å²) in [7, 11) is 1.58. The maximum absolute atomic E-state index is 14.4. The molecule has 3 aliphatic heterocycles. The molecule has 0 bridgehead atoms. The molecule has 0 saturated carbocycles. The summed E-state index contributed by atoms with van der Waals surface area (Å²) in [5, 5.41) is 21.1. The normalized spacial score (nSPS) is 16.7. The zero-order chi connectivity index (χ0) is 55.6. The Hall–Kier alpha value is -5.72. The zero-order valence-electron chi connectivity index (χ0n) is 45.1. The molecular weight excluding hydrogens is 1050 g/mol. The largest absolute Gasteiger partial charge is 0.496 e. The number of carbonyl (C=O) groups is 5. The number of halogens is 2. The molecule has 2 saturated heterocycles. The predicted molar refractivity (Wildman–Crippen MR) is 295 cm³/mol. The molecule has 3 N–H and O–H groups in total. The molecule has 2 fully saturated rings. The van der Waals surface area contributed by atoms with Crippen LogP contribution in [0.25, 0.3) is 28.1 Å². The molecule has 0 aliphatic carbocycles. The van der Waals surface area contributed by atoms with Crippen LogP contribution in [0.2, 0.25) is 10.0 Å². The first-order valence-electron chi connectivity index (χ1n) is 26.4. The minimum Gasteiger partial charge on any atom is -0.496 e. The summed E-state index contributed by atoms with van der Waals surface area (Å²) in [5.41, 5.74) is 4.21. The van der Waals surface area contributed by atoms with Crippen LogP contribution in [0.3, 0.4) is 0 Å². The smallest absolute Gasteiger partial charge is 0.317 e. The fraction of sp³-hybridized carbons (Fsp3) is 0.527. The molecule has 0 radical (unpaired) electrons. The number of likely N-dealkylation sites (N-methyl/N-ethyl adjacent to an activating group) is 1. The van der Waals surface area contributed by atoms with Gasteiger partial charge < -0.3 is 58.8 Å². The van der Waals surface area contributed by atoms with Gasteiger partial charge in [-0.05, 0) is 62.4 Å². The molecule has 3 aromatic carbocycles. The second kappa shape index (κ2) is 29.5. The van der Waals surface area contributed by atoms with E-state index in [2.05, 4.69) is 27.4 Å². The number of aromatic nitrogens is 2. The Kier molecular flexibility index (Phi) is 22.7. The third-order valence-corrected chi connectivity index (χ3v) is 14.2. The van der Waals surface area contributed by atoms with Crippen molar-refractivity contribution in [3.63, 3.8) is 0 Å². The minimum atomic E-state index is -0.917. The van der Waals surface area contributed by atoms with E-state index in [0.717, 1.165) is 31.5 Å². The van der Waals surface area contributed by atoms with Gasteiger partial charge in [-0.2, -0.15) is 5.10 Å². The molecule has 0 unspecified atom stereocenters. The van der Waals surface area contributed by atoms with Gasteiger partial charge >= 0.3 is 5.97 Å². The number of carboxylic acid groups (broad SMARTS) is 1. The van der Waals surface area contributed by atoms with Crippen molar-refractivity contribution < 1.29 is 57.5 Å². The fourth-order valence-corrected chi connectivity index (χ4v) is 10.1. The number of methoxy groups -OCH3 is 1. The van der Waals surface area contributed by atoms with Crippen molar-refractivity contribution in [2.45, 2.75) is 39.3 Å². The molecule has 23 heteroatoms. The van der Waals surface area contributed by atoms with Crippen molar-refractivity contribution in [3.8, 4) is 39.6 Å². The highest BCUT2D eigenvalue weighted by atomic mass is 35.5. The van der Waals surface area contributed by atoms with Crippen molar-refractivity contribution in [1.29, 1.82) is 0 Å². The Labute approximate surface area is 465 Å². The van der Waals surface area contributed by atoms with E-state index in [-0.39, 0.29) is 62.7 Å². The van der Waals surface area contributed by atoms with Gasteiger partial charge in [0.2, 0.25) is 11.8 Å². The predicted octanol–water partition coefficient (Wildman–Crippen LogP) is 4.68. The number of amides is 3. The van der Waals surface area contributed by atoms with Crippen LogP contribution in [0.4, 0.5) is 5.69 Å². The Morgan fingerprint density at radius 1 is 0.782 bits per heavy atom. The molecule has 4 aromatic rings. The summed E-state index contributed by atoms with van der Waals surface area (Å²) in [5.74, 6) is -0.466. The lowest BCUT2D eigenvalue weighted by atomic mass is 9.95. The number of carboxylic acids is 1. The summed E-state index contributed by atoms with van der Waals surface area (Å²) < 4.78 is 36.6. The van der Waals surface area contributed by atoms with Crippen molar-refractivity contribution in [2.75, 3.05) is 157 Å². The molecule has 78 heavy (non-hydrogen) atoms. The van der Waals surface area contributed by atoms with Crippen molar-refractivity contribution in [1.82, 2.24) is 39.6 Å². The van der Waals surface area contributed by atoms with E-state index in [9.17, 15) is 29.1 Å². The first-order chi connectivity index (χ1) is 37.7. The Morgan fingerprint density at radius 3 is 2.09 bits per heavy atom. The van der Waals surface area contributed by atoms with Crippen LogP contribution in [0.1, 0.15) is 43.2 Å². The lowest BCUT2D eigenvalue weighted by molar-refractivity contribution is -0.138. The summed E-state index contributed by atoms with van der Waals surface area (Å²) in [6.45, 7) is 15.5. The van der Waals surface area contributed by atoms with E-state index in [0.29, 0.717) is 154 Å². The number of fused-ring (bicyclic) bond motifs is 3. The average molecular weight is 1120 g/mol. The van der Waals surface area contributed by atoms with Gasteiger partial charge in [0, 0.05) is 104 Å². The Balaban J connectivity index is 0.848. The third kappa shape index (κ3) is 16.9. The summed E-state index contributed by atoms with van der Waals surface area (Å²) in [6, 6.07) is 16.3.